The van der Waals surface area contributed by atoms with Crippen molar-refractivity contribution in [2.45, 2.75) is 12.5 Å². The zero-order valence-corrected chi connectivity index (χ0v) is 10.1. The Balaban J connectivity index is 2.24. The minimum Gasteiger partial charge on any atom is -0.391 e. The van der Waals surface area contributed by atoms with E-state index in [0.29, 0.717) is 13.0 Å². The Kier molecular flexibility index (Phi) is 3.25. The number of aliphatic hydroxyl groups is 1. The van der Waals surface area contributed by atoms with Gasteiger partial charge in [-0.1, -0.05) is 6.07 Å². The van der Waals surface area contributed by atoms with E-state index in [-0.39, 0.29) is 22.5 Å². The van der Waals surface area contributed by atoms with E-state index in [0.717, 1.165) is 0 Å². The molecule has 0 aromatic heterocycles. The van der Waals surface area contributed by atoms with Gasteiger partial charge in [0.2, 0.25) is 0 Å². The molecule has 3 nitrogen and oxygen atoms in total. The number of carbonyl (C=O) groups excluding carboxylic acids is 1. The highest BCUT2D eigenvalue weighted by molar-refractivity contribution is 9.10. The van der Waals surface area contributed by atoms with E-state index in [4.69, 9.17) is 0 Å². The van der Waals surface area contributed by atoms with Crippen LogP contribution in [0.4, 0.5) is 4.39 Å². The van der Waals surface area contributed by atoms with E-state index in [1.165, 1.54) is 11.0 Å². The van der Waals surface area contributed by atoms with Crippen LogP contribution < -0.4 is 0 Å². The first-order valence-corrected chi connectivity index (χ1v) is 5.80. The lowest BCUT2D eigenvalue weighted by Gasteiger charge is -2.16. The summed E-state index contributed by atoms with van der Waals surface area (Å²) < 4.78 is 13.9. The van der Waals surface area contributed by atoms with E-state index < -0.39 is 11.9 Å². The van der Waals surface area contributed by atoms with Crippen LogP contribution in [-0.2, 0) is 0 Å². The van der Waals surface area contributed by atoms with Crippen molar-refractivity contribution in [2.75, 3.05) is 13.1 Å². The first kappa shape index (κ1) is 11.5. The Morgan fingerprint density at radius 2 is 2.31 bits per heavy atom. The number of benzene rings is 1. The zero-order valence-electron chi connectivity index (χ0n) is 8.49. The SMILES string of the molecule is O=C(c1cccc(Br)c1F)N1CC[C@H](O)C1. The molecule has 0 unspecified atom stereocenters. The van der Waals surface area contributed by atoms with Crippen molar-refractivity contribution < 1.29 is 14.3 Å². The molecule has 1 amide bonds. The van der Waals surface area contributed by atoms with Crippen LogP contribution in [0.15, 0.2) is 22.7 Å². The summed E-state index contributed by atoms with van der Waals surface area (Å²) in [6.07, 6.45) is 0.0700. The molecule has 1 aliphatic heterocycles. The fourth-order valence-electron chi connectivity index (χ4n) is 1.77. The van der Waals surface area contributed by atoms with Gasteiger partial charge in [-0.15, -0.1) is 0 Å². The molecule has 1 fully saturated rings. The Morgan fingerprint density at radius 3 is 2.94 bits per heavy atom. The summed E-state index contributed by atoms with van der Waals surface area (Å²) in [5.41, 5.74) is 0.0449. The number of β-amino-alcohol motifs (C(OH)–C–C–N with tert-alkyl or cyclic N) is 1. The molecule has 1 heterocycles. The van der Waals surface area contributed by atoms with Crippen LogP contribution in [0.5, 0.6) is 0 Å². The first-order chi connectivity index (χ1) is 7.59. The maximum Gasteiger partial charge on any atom is 0.256 e. The molecule has 1 aromatic carbocycles. The number of nitrogens with zero attached hydrogens (tertiary/aromatic N) is 1. The fraction of sp³-hybridized carbons (Fsp3) is 0.364. The number of rotatable bonds is 1. The lowest BCUT2D eigenvalue weighted by atomic mass is 10.2. The molecular weight excluding hydrogens is 277 g/mol. The van der Waals surface area contributed by atoms with Crippen molar-refractivity contribution in [1.82, 2.24) is 4.90 Å². The van der Waals surface area contributed by atoms with E-state index in [1.807, 2.05) is 0 Å². The van der Waals surface area contributed by atoms with E-state index in [1.54, 1.807) is 12.1 Å². The van der Waals surface area contributed by atoms with E-state index in [2.05, 4.69) is 15.9 Å². The average molecular weight is 288 g/mol. The molecule has 0 saturated carbocycles. The van der Waals surface area contributed by atoms with Crippen LogP contribution >= 0.6 is 15.9 Å². The van der Waals surface area contributed by atoms with Gasteiger partial charge in [0.1, 0.15) is 5.82 Å². The summed E-state index contributed by atoms with van der Waals surface area (Å²) in [6, 6.07) is 4.62. The third-order valence-corrected chi connectivity index (χ3v) is 3.25. The highest BCUT2D eigenvalue weighted by atomic mass is 79.9. The maximum atomic E-state index is 13.6. The molecule has 16 heavy (non-hydrogen) atoms. The zero-order chi connectivity index (χ0) is 11.7. The van der Waals surface area contributed by atoms with Crippen LogP contribution in [0.2, 0.25) is 0 Å². The Hall–Kier alpha value is -0.940. The molecule has 1 aromatic rings. The third-order valence-electron chi connectivity index (χ3n) is 2.63. The quantitative estimate of drug-likeness (QED) is 0.856. The number of halogens is 2. The van der Waals surface area contributed by atoms with Gasteiger partial charge in [-0.2, -0.15) is 0 Å². The summed E-state index contributed by atoms with van der Waals surface area (Å²) in [6.45, 7) is 0.761. The molecule has 2 rings (SSSR count). The number of aliphatic hydroxyl groups excluding tert-OH is 1. The number of hydrogen-bond acceptors (Lipinski definition) is 2. The molecule has 1 saturated heterocycles. The van der Waals surface area contributed by atoms with Gasteiger partial charge in [0, 0.05) is 13.1 Å². The fourth-order valence-corrected chi connectivity index (χ4v) is 2.13. The second-order valence-electron chi connectivity index (χ2n) is 3.80. The van der Waals surface area contributed by atoms with Gasteiger partial charge in [0.15, 0.2) is 0 Å². The normalized spacial score (nSPS) is 20.2. The monoisotopic (exact) mass is 287 g/mol. The Labute approximate surface area is 101 Å². The highest BCUT2D eigenvalue weighted by Gasteiger charge is 2.27. The van der Waals surface area contributed by atoms with Crippen LogP contribution in [0.1, 0.15) is 16.8 Å². The number of hydrogen-bond donors (Lipinski definition) is 1. The first-order valence-electron chi connectivity index (χ1n) is 5.01. The minimum absolute atomic E-state index is 0.0449. The molecular formula is C11H11BrFNO2. The van der Waals surface area contributed by atoms with Gasteiger partial charge >= 0.3 is 0 Å². The Morgan fingerprint density at radius 1 is 1.56 bits per heavy atom. The van der Waals surface area contributed by atoms with Crippen molar-refractivity contribution in [1.29, 1.82) is 0 Å². The van der Waals surface area contributed by atoms with Gasteiger partial charge in [0.05, 0.1) is 16.1 Å². The van der Waals surface area contributed by atoms with Crippen molar-refractivity contribution >= 4 is 21.8 Å². The van der Waals surface area contributed by atoms with E-state index >= 15 is 0 Å². The molecule has 1 atom stereocenters. The number of amides is 1. The summed E-state index contributed by atoms with van der Waals surface area (Å²) in [4.78, 5) is 13.4. The molecule has 1 N–H and O–H groups in total. The molecule has 86 valence electrons. The minimum atomic E-state index is -0.547. The molecule has 1 aliphatic rings. The van der Waals surface area contributed by atoms with Crippen molar-refractivity contribution in [3.63, 3.8) is 0 Å². The summed E-state index contributed by atoms with van der Waals surface area (Å²) in [5, 5.41) is 9.32. The lowest BCUT2D eigenvalue weighted by Crippen LogP contribution is -2.30. The van der Waals surface area contributed by atoms with Crippen molar-refractivity contribution in [2.24, 2.45) is 0 Å². The van der Waals surface area contributed by atoms with Gasteiger partial charge in [-0.05, 0) is 34.5 Å². The average Bonchev–Trinajstić information content (AvgIpc) is 2.68. The molecule has 0 spiro atoms. The second kappa shape index (κ2) is 4.51. The van der Waals surface area contributed by atoms with Crippen molar-refractivity contribution in [3.8, 4) is 0 Å². The van der Waals surface area contributed by atoms with Gasteiger partial charge in [-0.25, -0.2) is 4.39 Å². The second-order valence-corrected chi connectivity index (χ2v) is 4.65. The number of carbonyl (C=O) groups is 1. The topological polar surface area (TPSA) is 40.5 Å². The predicted octanol–water partition coefficient (Wildman–Crippen LogP) is 1.79. The van der Waals surface area contributed by atoms with Gasteiger partial charge < -0.3 is 10.0 Å². The standard InChI is InChI=1S/C11H11BrFNO2/c12-9-3-1-2-8(10(9)13)11(16)14-5-4-7(15)6-14/h1-3,7,15H,4-6H2/t7-/m0/s1. The maximum absolute atomic E-state index is 13.6. The van der Waals surface area contributed by atoms with Gasteiger partial charge in [0.25, 0.3) is 5.91 Å². The largest absolute Gasteiger partial charge is 0.391 e. The van der Waals surface area contributed by atoms with E-state index in [9.17, 15) is 14.3 Å². The molecule has 5 heteroatoms. The highest BCUT2D eigenvalue weighted by Crippen LogP contribution is 2.21. The smallest absolute Gasteiger partial charge is 0.256 e. The van der Waals surface area contributed by atoms with Crippen LogP contribution in [0, 0.1) is 5.82 Å². The Bertz CT molecular complexity index is 424. The summed E-state index contributed by atoms with van der Waals surface area (Å²) in [5.74, 6) is -0.913. The molecule has 0 aliphatic carbocycles. The van der Waals surface area contributed by atoms with Crippen molar-refractivity contribution in [3.05, 3.63) is 34.1 Å². The summed E-state index contributed by atoms with van der Waals surface area (Å²) >= 11 is 3.04. The van der Waals surface area contributed by atoms with Crippen LogP contribution in [0.3, 0.4) is 0 Å². The van der Waals surface area contributed by atoms with Gasteiger partial charge in [-0.3, -0.25) is 4.79 Å². The van der Waals surface area contributed by atoms with Crippen LogP contribution in [-0.4, -0.2) is 35.1 Å². The number of likely N-dealkylation sites (tertiary alicyclic amines) is 1. The predicted molar refractivity (Wildman–Crippen MR) is 60.6 cm³/mol. The van der Waals surface area contributed by atoms with Crippen LogP contribution in [0.25, 0.3) is 0 Å². The summed E-state index contributed by atoms with van der Waals surface area (Å²) in [7, 11) is 0. The third kappa shape index (κ3) is 2.10. The molecule has 0 radical (unpaired) electrons. The lowest BCUT2D eigenvalue weighted by molar-refractivity contribution is 0.0760. The molecule has 0 bridgehead atoms.